The van der Waals surface area contributed by atoms with Crippen LogP contribution in [0.25, 0.3) is 6.08 Å². The van der Waals surface area contributed by atoms with Gasteiger partial charge in [-0.05, 0) is 38.1 Å². The van der Waals surface area contributed by atoms with Crippen LogP contribution in [0.3, 0.4) is 0 Å². The second-order valence-corrected chi connectivity index (χ2v) is 6.58. The molecule has 0 saturated heterocycles. The first kappa shape index (κ1) is 17.7. The fraction of sp³-hybridized carbons (Fsp3) is 0.250. The first-order valence-corrected chi connectivity index (χ1v) is 8.17. The molecule has 0 radical (unpaired) electrons. The summed E-state index contributed by atoms with van der Waals surface area (Å²) in [6.45, 7) is 3.87. The zero-order chi connectivity index (χ0) is 18.9. The number of nitro groups is 1. The molecule has 26 heavy (non-hydrogen) atoms. The van der Waals surface area contributed by atoms with Gasteiger partial charge in [0.15, 0.2) is 5.78 Å². The van der Waals surface area contributed by atoms with Gasteiger partial charge in [0.25, 0.3) is 5.69 Å². The number of rotatable bonds is 5. The van der Waals surface area contributed by atoms with Crippen molar-refractivity contribution >= 4 is 17.5 Å². The van der Waals surface area contributed by atoms with Crippen molar-refractivity contribution in [3.63, 3.8) is 0 Å². The van der Waals surface area contributed by atoms with Crippen molar-refractivity contribution in [3.05, 3.63) is 69.3 Å². The predicted octanol–water partition coefficient (Wildman–Crippen LogP) is 4.21. The van der Waals surface area contributed by atoms with Gasteiger partial charge in [0, 0.05) is 18.1 Å². The van der Waals surface area contributed by atoms with Gasteiger partial charge in [-0.3, -0.25) is 14.9 Å². The van der Waals surface area contributed by atoms with Crippen LogP contribution >= 0.6 is 0 Å². The number of carbonyl (C=O) groups excluding carboxylic acids is 1. The number of hydrogen-bond acceptors (Lipinski definition) is 5. The summed E-state index contributed by atoms with van der Waals surface area (Å²) in [7, 11) is 1.49. The third kappa shape index (κ3) is 3.31. The zero-order valence-electron chi connectivity index (χ0n) is 14.8. The van der Waals surface area contributed by atoms with E-state index >= 15 is 0 Å². The van der Waals surface area contributed by atoms with Crippen molar-refractivity contribution < 1.29 is 19.2 Å². The molecule has 1 aliphatic rings. The maximum Gasteiger partial charge on any atom is 0.273 e. The standard InChI is InChI=1S/C20H19NO5/c1-20(2)11-10-15-18(26-20)9-8-14(19(15)25-3)17(22)12-13-6-4-5-7-16(13)21(23)24/h4-11H,12H2,1-3H3. The fourth-order valence-electron chi connectivity index (χ4n) is 2.98. The molecule has 2 aromatic rings. The molecule has 3 rings (SSSR count). The summed E-state index contributed by atoms with van der Waals surface area (Å²) in [5, 5.41) is 11.2. The largest absolute Gasteiger partial charge is 0.495 e. The number of benzene rings is 2. The fourth-order valence-corrected chi connectivity index (χ4v) is 2.98. The molecule has 0 aromatic heterocycles. The van der Waals surface area contributed by atoms with Crippen LogP contribution in [0.5, 0.6) is 11.5 Å². The molecular weight excluding hydrogens is 334 g/mol. The van der Waals surface area contributed by atoms with E-state index in [1.165, 1.54) is 13.2 Å². The highest BCUT2D eigenvalue weighted by molar-refractivity contribution is 6.02. The van der Waals surface area contributed by atoms with E-state index in [4.69, 9.17) is 9.47 Å². The molecule has 0 bridgehead atoms. The molecule has 0 N–H and O–H groups in total. The molecule has 0 atom stereocenters. The Bertz CT molecular complexity index is 914. The summed E-state index contributed by atoms with van der Waals surface area (Å²) >= 11 is 0. The molecule has 1 aliphatic heterocycles. The van der Waals surface area contributed by atoms with Gasteiger partial charge < -0.3 is 9.47 Å². The summed E-state index contributed by atoms with van der Waals surface area (Å²) in [4.78, 5) is 23.5. The SMILES string of the molecule is COc1c(C(=O)Cc2ccccc2[N+](=O)[O-])ccc2c1C=CC(C)(C)O2. The van der Waals surface area contributed by atoms with Crippen molar-refractivity contribution in [2.24, 2.45) is 0 Å². The van der Waals surface area contributed by atoms with Crippen LogP contribution in [-0.4, -0.2) is 23.4 Å². The average molecular weight is 353 g/mol. The Morgan fingerprint density at radius 1 is 1.23 bits per heavy atom. The van der Waals surface area contributed by atoms with Crippen LogP contribution < -0.4 is 9.47 Å². The third-order valence-corrected chi connectivity index (χ3v) is 4.22. The van der Waals surface area contributed by atoms with Crippen LogP contribution in [0.1, 0.15) is 35.3 Å². The minimum absolute atomic E-state index is 0.0669. The molecule has 0 fully saturated rings. The summed E-state index contributed by atoms with van der Waals surface area (Å²) in [5.41, 5.74) is 0.935. The van der Waals surface area contributed by atoms with Crippen molar-refractivity contribution in [3.8, 4) is 11.5 Å². The zero-order valence-corrected chi connectivity index (χ0v) is 14.8. The monoisotopic (exact) mass is 353 g/mol. The number of nitrogens with zero attached hydrogens (tertiary/aromatic N) is 1. The average Bonchev–Trinajstić information content (AvgIpc) is 2.59. The minimum atomic E-state index is -0.481. The molecular formula is C20H19NO5. The molecule has 0 unspecified atom stereocenters. The Hall–Kier alpha value is -3.15. The molecule has 134 valence electrons. The first-order valence-electron chi connectivity index (χ1n) is 8.17. The van der Waals surface area contributed by atoms with Gasteiger partial charge in [0.2, 0.25) is 0 Å². The lowest BCUT2D eigenvalue weighted by molar-refractivity contribution is -0.385. The second-order valence-electron chi connectivity index (χ2n) is 6.58. The lowest BCUT2D eigenvalue weighted by Gasteiger charge is -2.29. The smallest absolute Gasteiger partial charge is 0.273 e. The minimum Gasteiger partial charge on any atom is -0.495 e. The maximum absolute atomic E-state index is 12.8. The van der Waals surface area contributed by atoms with Gasteiger partial charge >= 0.3 is 0 Å². The van der Waals surface area contributed by atoms with Crippen molar-refractivity contribution in [2.45, 2.75) is 25.9 Å². The van der Waals surface area contributed by atoms with E-state index in [0.29, 0.717) is 28.2 Å². The highest BCUT2D eigenvalue weighted by Crippen LogP contribution is 2.39. The third-order valence-electron chi connectivity index (χ3n) is 4.22. The molecule has 0 spiro atoms. The number of methoxy groups -OCH3 is 1. The van der Waals surface area contributed by atoms with Crippen molar-refractivity contribution in [1.29, 1.82) is 0 Å². The number of ketones is 1. The van der Waals surface area contributed by atoms with E-state index in [9.17, 15) is 14.9 Å². The number of ether oxygens (including phenoxy) is 2. The van der Waals surface area contributed by atoms with E-state index in [0.717, 1.165) is 0 Å². The van der Waals surface area contributed by atoms with E-state index in [2.05, 4.69) is 0 Å². The highest BCUT2D eigenvalue weighted by atomic mass is 16.6. The first-order chi connectivity index (χ1) is 12.3. The maximum atomic E-state index is 12.8. The molecule has 0 aliphatic carbocycles. The Balaban J connectivity index is 1.98. The summed E-state index contributed by atoms with van der Waals surface area (Å²) in [5.74, 6) is 0.798. The Morgan fingerprint density at radius 3 is 2.65 bits per heavy atom. The van der Waals surface area contributed by atoms with Crippen LogP contribution in [-0.2, 0) is 6.42 Å². The van der Waals surface area contributed by atoms with Crippen LogP contribution in [0.2, 0.25) is 0 Å². The Labute approximate surface area is 151 Å². The van der Waals surface area contributed by atoms with Crippen LogP contribution in [0.15, 0.2) is 42.5 Å². The Morgan fingerprint density at radius 2 is 1.96 bits per heavy atom. The molecule has 1 heterocycles. The van der Waals surface area contributed by atoms with Crippen LogP contribution in [0.4, 0.5) is 5.69 Å². The number of hydrogen-bond donors (Lipinski definition) is 0. The van der Waals surface area contributed by atoms with Gasteiger partial charge in [0.1, 0.15) is 17.1 Å². The molecule has 0 saturated carbocycles. The molecule has 0 amide bonds. The van der Waals surface area contributed by atoms with Gasteiger partial charge in [-0.1, -0.05) is 18.2 Å². The summed E-state index contributed by atoms with van der Waals surface area (Å²) in [6, 6.07) is 9.62. The number of fused-ring (bicyclic) bond motifs is 1. The van der Waals surface area contributed by atoms with Gasteiger partial charge in [-0.2, -0.15) is 0 Å². The van der Waals surface area contributed by atoms with Gasteiger partial charge in [-0.25, -0.2) is 0 Å². The predicted molar refractivity (Wildman–Crippen MR) is 97.9 cm³/mol. The quantitative estimate of drug-likeness (QED) is 0.457. The van der Waals surface area contributed by atoms with Crippen molar-refractivity contribution in [2.75, 3.05) is 7.11 Å². The lowest BCUT2D eigenvalue weighted by atomic mass is 9.95. The lowest BCUT2D eigenvalue weighted by Crippen LogP contribution is -2.27. The number of Topliss-reactive ketones (excluding diaryl/α,β-unsaturated/α-hetero) is 1. The number of carbonyl (C=O) groups is 1. The molecule has 6 nitrogen and oxygen atoms in total. The van der Waals surface area contributed by atoms with E-state index in [-0.39, 0.29) is 17.9 Å². The van der Waals surface area contributed by atoms with E-state index < -0.39 is 10.5 Å². The van der Waals surface area contributed by atoms with Crippen LogP contribution in [0, 0.1) is 10.1 Å². The number of nitro benzene ring substituents is 1. The molecule has 6 heteroatoms. The van der Waals surface area contributed by atoms with Gasteiger partial charge in [-0.15, -0.1) is 0 Å². The Kier molecular flexibility index (Phi) is 4.50. The number of para-hydroxylation sites is 1. The highest BCUT2D eigenvalue weighted by Gasteiger charge is 2.27. The van der Waals surface area contributed by atoms with E-state index in [1.54, 1.807) is 30.3 Å². The molecule has 2 aromatic carbocycles. The van der Waals surface area contributed by atoms with Crippen molar-refractivity contribution in [1.82, 2.24) is 0 Å². The summed E-state index contributed by atoms with van der Waals surface area (Å²) in [6.07, 6.45) is 3.69. The van der Waals surface area contributed by atoms with Gasteiger partial charge in [0.05, 0.1) is 23.2 Å². The summed E-state index contributed by atoms with van der Waals surface area (Å²) < 4.78 is 11.4. The van der Waals surface area contributed by atoms with E-state index in [1.807, 2.05) is 26.0 Å². The normalized spacial score (nSPS) is 14.3. The second kappa shape index (κ2) is 6.63. The topological polar surface area (TPSA) is 78.7 Å².